The first-order chi connectivity index (χ1) is 6.77. The Hall–Kier alpha value is -0.860. The summed E-state index contributed by atoms with van der Waals surface area (Å²) in [4.78, 5) is 1.40. The lowest BCUT2D eigenvalue weighted by Gasteiger charge is -1.95. The van der Waals surface area contributed by atoms with Crippen LogP contribution in [0.5, 0.6) is 0 Å². The summed E-state index contributed by atoms with van der Waals surface area (Å²) in [6, 6.07) is 10.6. The van der Waals surface area contributed by atoms with Gasteiger partial charge in [-0.3, -0.25) is 0 Å². The second kappa shape index (κ2) is 5.29. The van der Waals surface area contributed by atoms with Gasteiger partial charge in [0.25, 0.3) is 0 Å². The van der Waals surface area contributed by atoms with E-state index >= 15 is 0 Å². The molecule has 3 heteroatoms. The molecule has 0 radical (unpaired) electrons. The zero-order chi connectivity index (χ0) is 9.97. The standard InChI is InChI=1S/C12H14NS.ClH/c1-10-11(2)14-9-13(10)8-12-6-4-3-5-7-12;/h3-7,9H,8H2,1-2H3;1H/q+1;/p-1. The second-order valence-electron chi connectivity index (χ2n) is 3.48. The highest BCUT2D eigenvalue weighted by Gasteiger charge is 2.11. The normalized spacial score (nSPS) is 9.73. The Morgan fingerprint density at radius 3 is 2.33 bits per heavy atom. The van der Waals surface area contributed by atoms with Gasteiger partial charge in [-0.1, -0.05) is 41.7 Å². The number of hydrogen-bond donors (Lipinski definition) is 0. The minimum atomic E-state index is 0. The summed E-state index contributed by atoms with van der Waals surface area (Å²) in [7, 11) is 0. The molecule has 15 heavy (non-hydrogen) atoms. The minimum absolute atomic E-state index is 0. The van der Waals surface area contributed by atoms with Gasteiger partial charge in [0, 0.05) is 12.5 Å². The van der Waals surface area contributed by atoms with Gasteiger partial charge in [-0.15, -0.1) is 0 Å². The maximum atomic E-state index is 2.30. The van der Waals surface area contributed by atoms with E-state index in [-0.39, 0.29) is 12.4 Å². The molecule has 2 rings (SSSR count). The third-order valence-corrected chi connectivity index (χ3v) is 3.50. The molecular weight excluding hydrogens is 226 g/mol. The molecule has 1 nitrogen and oxygen atoms in total. The van der Waals surface area contributed by atoms with E-state index in [1.54, 1.807) is 0 Å². The van der Waals surface area contributed by atoms with Crippen molar-refractivity contribution in [2.75, 3.05) is 0 Å². The first-order valence-corrected chi connectivity index (χ1v) is 5.63. The number of nitrogens with zero attached hydrogens (tertiary/aromatic N) is 1. The Morgan fingerprint density at radius 2 is 1.80 bits per heavy atom. The zero-order valence-electron chi connectivity index (χ0n) is 8.90. The number of benzene rings is 1. The maximum absolute atomic E-state index is 2.30. The van der Waals surface area contributed by atoms with Gasteiger partial charge < -0.3 is 12.4 Å². The van der Waals surface area contributed by atoms with Crippen LogP contribution in [0.4, 0.5) is 0 Å². The molecule has 1 aromatic carbocycles. The van der Waals surface area contributed by atoms with E-state index < -0.39 is 0 Å². The van der Waals surface area contributed by atoms with Gasteiger partial charge in [-0.25, -0.2) is 0 Å². The third kappa shape index (κ3) is 2.80. The highest BCUT2D eigenvalue weighted by atomic mass is 35.5. The van der Waals surface area contributed by atoms with Crippen LogP contribution in [0.1, 0.15) is 16.1 Å². The number of halogens is 1. The summed E-state index contributed by atoms with van der Waals surface area (Å²) in [6.07, 6.45) is 0. The van der Waals surface area contributed by atoms with Gasteiger partial charge in [0.1, 0.15) is 0 Å². The molecule has 0 N–H and O–H groups in total. The van der Waals surface area contributed by atoms with Crippen molar-refractivity contribution in [2.45, 2.75) is 20.4 Å². The van der Waals surface area contributed by atoms with Crippen LogP contribution in [0, 0.1) is 13.8 Å². The fourth-order valence-electron chi connectivity index (χ4n) is 1.45. The van der Waals surface area contributed by atoms with Crippen molar-refractivity contribution in [3.8, 4) is 0 Å². The number of rotatable bonds is 2. The molecule has 0 fully saturated rings. The Kier molecular flexibility index (Phi) is 4.30. The average Bonchev–Trinajstić information content (AvgIpc) is 2.52. The lowest BCUT2D eigenvalue weighted by atomic mass is 10.2. The molecule has 0 saturated heterocycles. The molecular formula is C12H14ClNS. The molecule has 0 aliphatic heterocycles. The molecule has 1 aromatic heterocycles. The Labute approximate surface area is 101 Å². The molecule has 1 heterocycles. The van der Waals surface area contributed by atoms with E-state index in [9.17, 15) is 0 Å². The van der Waals surface area contributed by atoms with Crippen LogP contribution in [-0.4, -0.2) is 0 Å². The van der Waals surface area contributed by atoms with Crippen LogP contribution in [0.3, 0.4) is 0 Å². The van der Waals surface area contributed by atoms with Crippen LogP contribution >= 0.6 is 11.3 Å². The first-order valence-electron chi connectivity index (χ1n) is 4.75. The van der Waals surface area contributed by atoms with E-state index in [0.29, 0.717) is 0 Å². The molecule has 0 aliphatic rings. The van der Waals surface area contributed by atoms with Gasteiger partial charge >= 0.3 is 0 Å². The first kappa shape index (κ1) is 12.2. The van der Waals surface area contributed by atoms with Gasteiger partial charge in [0.15, 0.2) is 12.2 Å². The fourth-order valence-corrected chi connectivity index (χ4v) is 2.25. The largest absolute Gasteiger partial charge is 1.00 e. The summed E-state index contributed by atoms with van der Waals surface area (Å²) in [6.45, 7) is 5.33. The van der Waals surface area contributed by atoms with Crippen LogP contribution in [-0.2, 0) is 6.54 Å². The molecule has 0 unspecified atom stereocenters. The fraction of sp³-hybridized carbons (Fsp3) is 0.250. The van der Waals surface area contributed by atoms with E-state index in [2.05, 4.69) is 54.3 Å². The molecule has 0 saturated carbocycles. The topological polar surface area (TPSA) is 3.88 Å². The molecule has 0 aliphatic carbocycles. The monoisotopic (exact) mass is 239 g/mol. The zero-order valence-corrected chi connectivity index (χ0v) is 10.5. The highest BCUT2D eigenvalue weighted by Crippen LogP contribution is 2.09. The van der Waals surface area contributed by atoms with Gasteiger partial charge in [0.05, 0.1) is 4.88 Å². The molecule has 0 spiro atoms. The molecule has 2 aromatic rings. The number of aromatic nitrogens is 1. The smallest absolute Gasteiger partial charge is 0.225 e. The van der Waals surface area contributed by atoms with Gasteiger partial charge in [-0.2, -0.15) is 4.57 Å². The van der Waals surface area contributed by atoms with Crippen molar-refractivity contribution < 1.29 is 17.0 Å². The predicted molar refractivity (Wildman–Crippen MR) is 59.5 cm³/mol. The van der Waals surface area contributed by atoms with E-state index in [1.807, 2.05) is 11.3 Å². The SMILES string of the molecule is Cc1sc[n+](Cc2ccccc2)c1C.[Cl-]. The summed E-state index contributed by atoms with van der Waals surface area (Å²) in [5.74, 6) is 0. The summed E-state index contributed by atoms with van der Waals surface area (Å²) in [5, 5.41) is 0. The number of hydrogen-bond acceptors (Lipinski definition) is 1. The third-order valence-electron chi connectivity index (χ3n) is 2.49. The van der Waals surface area contributed by atoms with E-state index in [4.69, 9.17) is 0 Å². The van der Waals surface area contributed by atoms with Crippen molar-refractivity contribution in [2.24, 2.45) is 0 Å². The second-order valence-corrected chi connectivity index (χ2v) is 4.54. The number of aryl methyl sites for hydroxylation is 1. The van der Waals surface area contributed by atoms with Crippen LogP contribution < -0.4 is 17.0 Å². The average molecular weight is 240 g/mol. The number of thiazole rings is 1. The van der Waals surface area contributed by atoms with Crippen molar-refractivity contribution >= 4 is 11.3 Å². The van der Waals surface area contributed by atoms with Crippen molar-refractivity contribution in [1.29, 1.82) is 0 Å². The molecule has 0 atom stereocenters. The van der Waals surface area contributed by atoms with E-state index in [0.717, 1.165) is 6.54 Å². The summed E-state index contributed by atoms with van der Waals surface area (Å²) < 4.78 is 2.30. The van der Waals surface area contributed by atoms with Crippen molar-refractivity contribution in [1.82, 2.24) is 0 Å². The maximum Gasteiger partial charge on any atom is 0.225 e. The minimum Gasteiger partial charge on any atom is -1.00 e. The Balaban J connectivity index is 0.00000112. The summed E-state index contributed by atoms with van der Waals surface area (Å²) >= 11 is 1.81. The van der Waals surface area contributed by atoms with Gasteiger partial charge in [-0.05, 0) is 6.92 Å². The summed E-state index contributed by atoms with van der Waals surface area (Å²) in [5.41, 5.74) is 4.93. The predicted octanol–water partition coefficient (Wildman–Crippen LogP) is -0.295. The molecule has 0 bridgehead atoms. The van der Waals surface area contributed by atoms with Crippen LogP contribution in [0.15, 0.2) is 35.8 Å². The van der Waals surface area contributed by atoms with E-state index in [1.165, 1.54) is 16.1 Å². The Morgan fingerprint density at radius 1 is 1.13 bits per heavy atom. The molecule has 0 amide bonds. The Bertz CT molecular complexity index is 422. The van der Waals surface area contributed by atoms with Gasteiger partial charge in [0.2, 0.25) is 5.51 Å². The lowest BCUT2D eigenvalue weighted by Crippen LogP contribution is -3.00. The van der Waals surface area contributed by atoms with Crippen LogP contribution in [0.25, 0.3) is 0 Å². The highest BCUT2D eigenvalue weighted by molar-refractivity contribution is 7.09. The molecule has 80 valence electrons. The quantitative estimate of drug-likeness (QED) is 0.634. The van der Waals surface area contributed by atoms with Crippen LogP contribution in [0.2, 0.25) is 0 Å². The van der Waals surface area contributed by atoms with Crippen molar-refractivity contribution in [3.63, 3.8) is 0 Å². The lowest BCUT2D eigenvalue weighted by molar-refractivity contribution is -0.689. The van der Waals surface area contributed by atoms with Crippen molar-refractivity contribution in [3.05, 3.63) is 52.0 Å².